The van der Waals surface area contributed by atoms with E-state index in [1.165, 1.54) is 17.5 Å². The zero-order valence-corrected chi connectivity index (χ0v) is 9.63. The number of benzene rings is 1. The summed E-state index contributed by atoms with van der Waals surface area (Å²) in [5.41, 5.74) is 2.52. The van der Waals surface area contributed by atoms with Crippen molar-refractivity contribution in [3.05, 3.63) is 29.3 Å². The van der Waals surface area contributed by atoms with Crippen LogP contribution < -0.4 is 4.74 Å². The SMILES string of the molecule is CCCC(C)Oc1ccc(C)cc1C. The Morgan fingerprint density at radius 2 is 2.00 bits per heavy atom. The number of rotatable bonds is 4. The third-order valence-electron chi connectivity index (χ3n) is 2.35. The second kappa shape index (κ2) is 5.04. The Kier molecular flexibility index (Phi) is 3.99. The Balaban J connectivity index is 2.67. The molecule has 78 valence electrons. The maximum atomic E-state index is 5.84. The number of hydrogen-bond donors (Lipinski definition) is 0. The molecular formula is C13H20O. The molecule has 0 aliphatic rings. The van der Waals surface area contributed by atoms with Gasteiger partial charge in [0.2, 0.25) is 0 Å². The molecule has 1 nitrogen and oxygen atoms in total. The van der Waals surface area contributed by atoms with E-state index in [4.69, 9.17) is 4.74 Å². The Bertz CT molecular complexity index is 291. The third kappa shape index (κ3) is 3.06. The van der Waals surface area contributed by atoms with Crippen LogP contribution in [-0.2, 0) is 0 Å². The van der Waals surface area contributed by atoms with Crippen LogP contribution in [0.5, 0.6) is 5.75 Å². The minimum absolute atomic E-state index is 0.321. The topological polar surface area (TPSA) is 9.23 Å². The second-order valence-corrected chi connectivity index (χ2v) is 3.99. The molecule has 0 saturated heterocycles. The van der Waals surface area contributed by atoms with Gasteiger partial charge in [0.15, 0.2) is 0 Å². The summed E-state index contributed by atoms with van der Waals surface area (Å²) in [7, 11) is 0. The molecule has 1 heteroatoms. The molecule has 0 saturated carbocycles. The van der Waals surface area contributed by atoms with Crippen molar-refractivity contribution in [2.24, 2.45) is 0 Å². The fraction of sp³-hybridized carbons (Fsp3) is 0.538. The molecule has 0 N–H and O–H groups in total. The van der Waals surface area contributed by atoms with Gasteiger partial charge >= 0.3 is 0 Å². The lowest BCUT2D eigenvalue weighted by molar-refractivity contribution is 0.208. The monoisotopic (exact) mass is 192 g/mol. The number of aryl methyl sites for hydroxylation is 2. The summed E-state index contributed by atoms with van der Waals surface area (Å²) in [6.45, 7) is 8.51. The molecule has 0 amide bonds. The van der Waals surface area contributed by atoms with Crippen molar-refractivity contribution in [1.29, 1.82) is 0 Å². The predicted octanol–water partition coefficient (Wildman–Crippen LogP) is 3.87. The van der Waals surface area contributed by atoms with Gasteiger partial charge in [-0.25, -0.2) is 0 Å². The van der Waals surface area contributed by atoms with Crippen LogP contribution in [0.3, 0.4) is 0 Å². The summed E-state index contributed by atoms with van der Waals surface area (Å²) < 4.78 is 5.84. The van der Waals surface area contributed by atoms with E-state index in [-0.39, 0.29) is 0 Å². The van der Waals surface area contributed by atoms with Gasteiger partial charge in [-0.05, 0) is 38.8 Å². The van der Waals surface area contributed by atoms with Crippen molar-refractivity contribution in [2.45, 2.75) is 46.6 Å². The van der Waals surface area contributed by atoms with E-state index in [1.54, 1.807) is 0 Å². The van der Waals surface area contributed by atoms with Gasteiger partial charge in [-0.15, -0.1) is 0 Å². The second-order valence-electron chi connectivity index (χ2n) is 3.99. The normalized spacial score (nSPS) is 12.6. The van der Waals surface area contributed by atoms with Crippen LogP contribution in [0.1, 0.15) is 37.8 Å². The third-order valence-corrected chi connectivity index (χ3v) is 2.35. The lowest BCUT2D eigenvalue weighted by Gasteiger charge is -2.15. The molecule has 1 atom stereocenters. The fourth-order valence-corrected chi connectivity index (χ4v) is 1.61. The molecule has 1 aromatic rings. The highest BCUT2D eigenvalue weighted by Gasteiger charge is 2.04. The molecule has 14 heavy (non-hydrogen) atoms. The summed E-state index contributed by atoms with van der Waals surface area (Å²) in [4.78, 5) is 0. The summed E-state index contributed by atoms with van der Waals surface area (Å²) in [6, 6.07) is 6.33. The van der Waals surface area contributed by atoms with Crippen LogP contribution >= 0.6 is 0 Å². The zero-order valence-electron chi connectivity index (χ0n) is 9.63. The Hall–Kier alpha value is -0.980. The van der Waals surface area contributed by atoms with Crippen LogP contribution in [0.4, 0.5) is 0 Å². The largest absolute Gasteiger partial charge is 0.490 e. The van der Waals surface area contributed by atoms with Crippen LogP contribution in [0, 0.1) is 13.8 Å². The lowest BCUT2D eigenvalue weighted by Crippen LogP contribution is -2.11. The van der Waals surface area contributed by atoms with Gasteiger partial charge in [0.1, 0.15) is 5.75 Å². The highest BCUT2D eigenvalue weighted by molar-refractivity contribution is 5.35. The molecule has 1 rings (SSSR count). The number of hydrogen-bond acceptors (Lipinski definition) is 1. The van der Waals surface area contributed by atoms with Crippen molar-refractivity contribution < 1.29 is 4.74 Å². The van der Waals surface area contributed by atoms with E-state index < -0.39 is 0 Å². The minimum Gasteiger partial charge on any atom is -0.490 e. The summed E-state index contributed by atoms with van der Waals surface area (Å²) in [5, 5.41) is 0. The van der Waals surface area contributed by atoms with Crippen molar-refractivity contribution in [1.82, 2.24) is 0 Å². The maximum absolute atomic E-state index is 5.84. The Labute approximate surface area is 87.1 Å². The predicted molar refractivity (Wildman–Crippen MR) is 60.9 cm³/mol. The molecule has 0 radical (unpaired) electrons. The van der Waals surface area contributed by atoms with E-state index in [1.807, 2.05) is 0 Å². The highest BCUT2D eigenvalue weighted by atomic mass is 16.5. The van der Waals surface area contributed by atoms with Gasteiger partial charge < -0.3 is 4.74 Å². The molecule has 0 aliphatic heterocycles. The van der Waals surface area contributed by atoms with Crippen molar-refractivity contribution in [3.8, 4) is 5.75 Å². The molecule has 1 aromatic carbocycles. The van der Waals surface area contributed by atoms with Crippen molar-refractivity contribution in [3.63, 3.8) is 0 Å². The maximum Gasteiger partial charge on any atom is 0.122 e. The Morgan fingerprint density at radius 1 is 1.29 bits per heavy atom. The molecular weight excluding hydrogens is 172 g/mol. The van der Waals surface area contributed by atoms with E-state index in [9.17, 15) is 0 Å². The average Bonchev–Trinajstić information content (AvgIpc) is 2.10. The van der Waals surface area contributed by atoms with Gasteiger partial charge in [-0.2, -0.15) is 0 Å². The zero-order chi connectivity index (χ0) is 10.6. The lowest BCUT2D eigenvalue weighted by atomic mass is 10.1. The standard InChI is InChI=1S/C13H20O/c1-5-6-12(4)14-13-8-7-10(2)9-11(13)3/h7-9,12H,5-6H2,1-4H3. The van der Waals surface area contributed by atoms with Gasteiger partial charge in [0.05, 0.1) is 6.10 Å². The van der Waals surface area contributed by atoms with Crippen molar-refractivity contribution in [2.75, 3.05) is 0 Å². The summed E-state index contributed by atoms with van der Waals surface area (Å²) in [6.07, 6.45) is 2.61. The average molecular weight is 192 g/mol. The van der Waals surface area contributed by atoms with E-state index >= 15 is 0 Å². The van der Waals surface area contributed by atoms with Gasteiger partial charge in [0, 0.05) is 0 Å². The first kappa shape index (κ1) is 11.1. The summed E-state index contributed by atoms with van der Waals surface area (Å²) in [5.74, 6) is 1.02. The first-order valence-corrected chi connectivity index (χ1v) is 5.37. The van der Waals surface area contributed by atoms with E-state index in [2.05, 4.69) is 45.9 Å². The first-order valence-electron chi connectivity index (χ1n) is 5.37. The molecule has 0 spiro atoms. The Morgan fingerprint density at radius 3 is 2.57 bits per heavy atom. The van der Waals surface area contributed by atoms with Crippen LogP contribution in [0.15, 0.2) is 18.2 Å². The first-order chi connectivity index (χ1) is 6.63. The summed E-state index contributed by atoms with van der Waals surface area (Å²) >= 11 is 0. The van der Waals surface area contributed by atoms with Crippen LogP contribution in [0.25, 0.3) is 0 Å². The van der Waals surface area contributed by atoms with Crippen molar-refractivity contribution >= 4 is 0 Å². The van der Waals surface area contributed by atoms with Gasteiger partial charge in [-0.3, -0.25) is 0 Å². The van der Waals surface area contributed by atoms with Crippen LogP contribution in [0.2, 0.25) is 0 Å². The molecule has 0 bridgehead atoms. The molecule has 0 aliphatic carbocycles. The van der Waals surface area contributed by atoms with Gasteiger partial charge in [0.25, 0.3) is 0 Å². The smallest absolute Gasteiger partial charge is 0.122 e. The fourth-order valence-electron chi connectivity index (χ4n) is 1.61. The van der Waals surface area contributed by atoms with Gasteiger partial charge in [-0.1, -0.05) is 31.0 Å². The quantitative estimate of drug-likeness (QED) is 0.703. The molecule has 0 aromatic heterocycles. The van der Waals surface area contributed by atoms with E-state index in [0.717, 1.165) is 12.2 Å². The molecule has 0 heterocycles. The number of ether oxygens (including phenoxy) is 1. The van der Waals surface area contributed by atoms with E-state index in [0.29, 0.717) is 6.10 Å². The molecule has 1 unspecified atom stereocenters. The minimum atomic E-state index is 0.321. The highest BCUT2D eigenvalue weighted by Crippen LogP contribution is 2.20. The van der Waals surface area contributed by atoms with Crippen LogP contribution in [-0.4, -0.2) is 6.10 Å². The molecule has 0 fully saturated rings.